The number of amides is 1. The second kappa shape index (κ2) is 5.96. The van der Waals surface area contributed by atoms with E-state index in [1.807, 2.05) is 13.0 Å². The molecule has 0 aliphatic rings. The van der Waals surface area contributed by atoms with Gasteiger partial charge in [-0.1, -0.05) is 12.1 Å². The first-order valence-electron chi connectivity index (χ1n) is 6.09. The van der Waals surface area contributed by atoms with E-state index in [-0.39, 0.29) is 18.1 Å². The van der Waals surface area contributed by atoms with Crippen LogP contribution in [0.2, 0.25) is 0 Å². The van der Waals surface area contributed by atoms with E-state index in [0.29, 0.717) is 11.4 Å². The summed E-state index contributed by atoms with van der Waals surface area (Å²) in [7, 11) is 0. The molecule has 0 fully saturated rings. The molecule has 0 aromatic heterocycles. The van der Waals surface area contributed by atoms with Gasteiger partial charge in [0.1, 0.15) is 5.75 Å². The highest BCUT2D eigenvalue weighted by Crippen LogP contribution is 2.27. The lowest BCUT2D eigenvalue weighted by atomic mass is 10.1. The number of carbonyl (C=O) groups excluding carboxylic acids is 1. The molecule has 0 saturated heterocycles. The molecule has 0 unspecified atom stereocenters. The largest absolute Gasteiger partial charge is 0.508 e. The third-order valence-corrected chi connectivity index (χ3v) is 3.56. The molecular weight excluding hydrogens is 320 g/mol. The van der Waals surface area contributed by atoms with Crippen molar-refractivity contribution in [1.29, 1.82) is 0 Å². The summed E-state index contributed by atoms with van der Waals surface area (Å²) in [5.74, 6) is -0.0180. The Morgan fingerprint density at radius 2 is 2.10 bits per heavy atom. The number of carbonyl (C=O) groups is 1. The highest BCUT2D eigenvalue weighted by molar-refractivity contribution is 9.10. The lowest BCUT2D eigenvalue weighted by molar-refractivity contribution is -0.115. The summed E-state index contributed by atoms with van der Waals surface area (Å²) in [5.41, 5.74) is 8.79. The van der Waals surface area contributed by atoms with Crippen molar-refractivity contribution in [3.63, 3.8) is 0 Å². The van der Waals surface area contributed by atoms with Gasteiger partial charge in [-0.25, -0.2) is 0 Å². The van der Waals surface area contributed by atoms with Crippen LogP contribution in [-0.4, -0.2) is 11.0 Å². The SMILES string of the molecule is Cc1cc(Br)c(NC(=O)Cc2cccc(O)c2)cc1N. The van der Waals surface area contributed by atoms with E-state index in [1.54, 1.807) is 30.3 Å². The monoisotopic (exact) mass is 334 g/mol. The van der Waals surface area contributed by atoms with Gasteiger partial charge in [-0.05, 0) is 58.2 Å². The predicted octanol–water partition coefficient (Wildman–Crippen LogP) is 3.23. The molecule has 2 aromatic carbocycles. The molecule has 2 aromatic rings. The van der Waals surface area contributed by atoms with E-state index in [9.17, 15) is 9.90 Å². The zero-order chi connectivity index (χ0) is 14.7. The fraction of sp³-hybridized carbons (Fsp3) is 0.133. The first kappa shape index (κ1) is 14.4. The number of nitrogens with one attached hydrogen (secondary N) is 1. The van der Waals surface area contributed by atoms with Crippen molar-refractivity contribution in [3.8, 4) is 5.75 Å². The number of aryl methyl sites for hydroxylation is 1. The van der Waals surface area contributed by atoms with Gasteiger partial charge < -0.3 is 16.2 Å². The molecule has 0 saturated carbocycles. The second-order valence-electron chi connectivity index (χ2n) is 4.58. The number of hydrogen-bond donors (Lipinski definition) is 3. The van der Waals surface area contributed by atoms with Crippen molar-refractivity contribution in [2.45, 2.75) is 13.3 Å². The Hall–Kier alpha value is -2.01. The van der Waals surface area contributed by atoms with Gasteiger partial charge in [0.05, 0.1) is 12.1 Å². The topological polar surface area (TPSA) is 75.3 Å². The molecule has 104 valence electrons. The molecule has 4 N–H and O–H groups in total. The molecule has 5 heteroatoms. The Morgan fingerprint density at radius 3 is 2.80 bits per heavy atom. The summed E-state index contributed by atoms with van der Waals surface area (Å²) in [5, 5.41) is 12.2. The zero-order valence-electron chi connectivity index (χ0n) is 11.0. The minimum absolute atomic E-state index is 0.149. The van der Waals surface area contributed by atoms with Crippen molar-refractivity contribution in [2.24, 2.45) is 0 Å². The number of nitrogen functional groups attached to an aromatic ring is 1. The number of phenols is 1. The number of benzene rings is 2. The molecule has 0 atom stereocenters. The fourth-order valence-corrected chi connectivity index (χ4v) is 2.39. The second-order valence-corrected chi connectivity index (χ2v) is 5.44. The summed E-state index contributed by atoms with van der Waals surface area (Å²) < 4.78 is 0.786. The first-order chi connectivity index (χ1) is 9.45. The van der Waals surface area contributed by atoms with Gasteiger partial charge in [0.15, 0.2) is 0 Å². The number of hydrogen-bond acceptors (Lipinski definition) is 3. The van der Waals surface area contributed by atoms with Crippen LogP contribution in [0.5, 0.6) is 5.75 Å². The van der Waals surface area contributed by atoms with Crippen molar-refractivity contribution in [2.75, 3.05) is 11.1 Å². The van der Waals surface area contributed by atoms with Crippen LogP contribution in [0.3, 0.4) is 0 Å². The van der Waals surface area contributed by atoms with E-state index in [2.05, 4.69) is 21.2 Å². The van der Waals surface area contributed by atoms with Crippen LogP contribution < -0.4 is 11.1 Å². The standard InChI is InChI=1S/C15H15BrN2O2/c1-9-5-12(16)14(8-13(9)17)18-15(20)7-10-3-2-4-11(19)6-10/h2-6,8,19H,7,17H2,1H3,(H,18,20). The first-order valence-corrected chi connectivity index (χ1v) is 6.88. The molecular formula is C15H15BrN2O2. The molecule has 0 bridgehead atoms. The highest BCUT2D eigenvalue weighted by atomic mass is 79.9. The van der Waals surface area contributed by atoms with Crippen LogP contribution in [0.15, 0.2) is 40.9 Å². The lowest BCUT2D eigenvalue weighted by Gasteiger charge is -2.10. The molecule has 2 rings (SSSR count). The number of aromatic hydroxyl groups is 1. The Bertz CT molecular complexity index is 656. The fourth-order valence-electron chi connectivity index (χ4n) is 1.83. The van der Waals surface area contributed by atoms with E-state index in [4.69, 9.17) is 5.73 Å². The third kappa shape index (κ3) is 3.51. The number of rotatable bonds is 3. The predicted molar refractivity (Wildman–Crippen MR) is 83.7 cm³/mol. The van der Waals surface area contributed by atoms with Crippen molar-refractivity contribution in [1.82, 2.24) is 0 Å². The summed E-state index contributed by atoms with van der Waals surface area (Å²) in [4.78, 5) is 12.0. The summed E-state index contributed by atoms with van der Waals surface area (Å²) >= 11 is 3.40. The molecule has 1 amide bonds. The normalized spacial score (nSPS) is 10.3. The van der Waals surface area contributed by atoms with Gasteiger partial charge in [-0.15, -0.1) is 0 Å². The van der Waals surface area contributed by atoms with Crippen molar-refractivity contribution in [3.05, 3.63) is 52.0 Å². The lowest BCUT2D eigenvalue weighted by Crippen LogP contribution is -2.15. The summed E-state index contributed by atoms with van der Waals surface area (Å²) in [6.07, 6.45) is 0.189. The van der Waals surface area contributed by atoms with E-state index < -0.39 is 0 Å². The molecule has 0 radical (unpaired) electrons. The average molecular weight is 335 g/mol. The van der Waals surface area contributed by atoms with Crippen LogP contribution in [-0.2, 0) is 11.2 Å². The Labute approximate surface area is 125 Å². The third-order valence-electron chi connectivity index (χ3n) is 2.91. The Balaban J connectivity index is 2.10. The number of halogens is 1. The maximum Gasteiger partial charge on any atom is 0.228 e. The van der Waals surface area contributed by atoms with Crippen LogP contribution in [0.4, 0.5) is 11.4 Å². The smallest absolute Gasteiger partial charge is 0.228 e. The van der Waals surface area contributed by atoms with E-state index >= 15 is 0 Å². The highest BCUT2D eigenvalue weighted by Gasteiger charge is 2.09. The number of anilines is 2. The van der Waals surface area contributed by atoms with Crippen LogP contribution >= 0.6 is 15.9 Å². The maximum atomic E-state index is 12.0. The van der Waals surface area contributed by atoms with Gasteiger partial charge in [0.2, 0.25) is 5.91 Å². The van der Waals surface area contributed by atoms with Gasteiger partial charge in [0, 0.05) is 10.2 Å². The molecule has 0 aliphatic heterocycles. The van der Waals surface area contributed by atoms with E-state index in [1.165, 1.54) is 0 Å². The molecule has 20 heavy (non-hydrogen) atoms. The van der Waals surface area contributed by atoms with E-state index in [0.717, 1.165) is 15.6 Å². The summed E-state index contributed by atoms with van der Waals surface area (Å²) in [6, 6.07) is 10.2. The molecule has 0 heterocycles. The zero-order valence-corrected chi connectivity index (χ0v) is 12.6. The quantitative estimate of drug-likeness (QED) is 0.754. The van der Waals surface area contributed by atoms with Crippen LogP contribution in [0, 0.1) is 6.92 Å². The van der Waals surface area contributed by atoms with Crippen LogP contribution in [0.1, 0.15) is 11.1 Å². The summed E-state index contributed by atoms with van der Waals surface area (Å²) in [6.45, 7) is 1.90. The molecule has 4 nitrogen and oxygen atoms in total. The molecule has 0 spiro atoms. The average Bonchev–Trinajstić information content (AvgIpc) is 2.36. The van der Waals surface area contributed by atoms with Crippen LogP contribution in [0.25, 0.3) is 0 Å². The minimum Gasteiger partial charge on any atom is -0.508 e. The van der Waals surface area contributed by atoms with Gasteiger partial charge in [0.25, 0.3) is 0 Å². The number of phenolic OH excluding ortho intramolecular Hbond substituents is 1. The minimum atomic E-state index is -0.167. The Morgan fingerprint density at radius 1 is 1.35 bits per heavy atom. The van der Waals surface area contributed by atoms with Crippen molar-refractivity contribution < 1.29 is 9.90 Å². The number of nitrogens with two attached hydrogens (primary N) is 1. The maximum absolute atomic E-state index is 12.0. The molecule has 0 aliphatic carbocycles. The van der Waals surface area contributed by atoms with Crippen molar-refractivity contribution >= 4 is 33.2 Å². The Kier molecular flexibility index (Phi) is 4.29. The van der Waals surface area contributed by atoms with Gasteiger partial charge in [-0.2, -0.15) is 0 Å². The van der Waals surface area contributed by atoms with Gasteiger partial charge >= 0.3 is 0 Å². The van der Waals surface area contributed by atoms with Gasteiger partial charge in [-0.3, -0.25) is 4.79 Å².